The number of hydrogen-bond acceptors (Lipinski definition) is 4. The van der Waals surface area contributed by atoms with Crippen LogP contribution in [0.15, 0.2) is 29.6 Å². The maximum absolute atomic E-state index is 14.4. The Morgan fingerprint density at radius 3 is 1.63 bits per heavy atom. The van der Waals surface area contributed by atoms with Crippen LogP contribution < -0.4 is 5.32 Å². The fraction of sp³-hybridized carbons (Fsp3) is 0.455. The Bertz CT molecular complexity index is 1350. The van der Waals surface area contributed by atoms with E-state index in [1.54, 1.807) is 6.92 Å². The van der Waals surface area contributed by atoms with Gasteiger partial charge < -0.3 is 10.1 Å². The molecular formula is C22H13F16NO3S. The SMILES string of the molecule is COC(=O)c1c(-c2ccc(C)cc2)csc1NC(=O)C(F)(F)C(F)(F)C(F)(F)C(F)(F)C(F)(F)C(F)(F)C(F)(F)C(F)F. The molecule has 0 aliphatic carbocycles. The Morgan fingerprint density at radius 2 is 1.19 bits per heavy atom. The third-order valence-corrected chi connectivity index (χ3v) is 6.62. The van der Waals surface area contributed by atoms with Gasteiger partial charge in [-0.1, -0.05) is 29.8 Å². The zero-order valence-electron chi connectivity index (χ0n) is 20.6. The largest absolute Gasteiger partial charge is 0.465 e. The van der Waals surface area contributed by atoms with Crippen LogP contribution in [0, 0.1) is 6.92 Å². The van der Waals surface area contributed by atoms with Gasteiger partial charge in [-0.3, -0.25) is 4.79 Å². The molecule has 1 aromatic heterocycles. The van der Waals surface area contributed by atoms with Crippen LogP contribution in [0.5, 0.6) is 0 Å². The highest BCUT2D eigenvalue weighted by Gasteiger charge is 2.94. The Hall–Kier alpha value is -3.26. The average Bonchev–Trinajstić information content (AvgIpc) is 3.30. The lowest BCUT2D eigenvalue weighted by Gasteiger charge is -2.42. The lowest BCUT2D eigenvalue weighted by atomic mass is 9.89. The number of thiophene rings is 1. The molecule has 43 heavy (non-hydrogen) atoms. The summed E-state index contributed by atoms with van der Waals surface area (Å²) in [4.78, 5) is 24.2. The fourth-order valence-corrected chi connectivity index (χ4v) is 4.11. The number of carbonyl (C=O) groups excluding carboxylic acids is 2. The third kappa shape index (κ3) is 5.26. The first kappa shape index (κ1) is 35.9. The molecule has 2 rings (SSSR count). The lowest BCUT2D eigenvalue weighted by Crippen LogP contribution is -2.74. The van der Waals surface area contributed by atoms with Crippen molar-refractivity contribution in [3.8, 4) is 11.1 Å². The number of anilines is 1. The topological polar surface area (TPSA) is 55.4 Å². The van der Waals surface area contributed by atoms with Crippen molar-refractivity contribution in [1.82, 2.24) is 0 Å². The van der Waals surface area contributed by atoms with E-state index in [1.165, 1.54) is 24.3 Å². The van der Waals surface area contributed by atoms with E-state index in [2.05, 4.69) is 4.74 Å². The van der Waals surface area contributed by atoms with Gasteiger partial charge in [0, 0.05) is 10.9 Å². The van der Waals surface area contributed by atoms with E-state index in [1.807, 2.05) is 0 Å². The van der Waals surface area contributed by atoms with E-state index >= 15 is 0 Å². The minimum atomic E-state index is -8.65. The summed E-state index contributed by atoms with van der Waals surface area (Å²) in [5, 5.41) is 0.561. The van der Waals surface area contributed by atoms with Crippen molar-refractivity contribution in [1.29, 1.82) is 0 Å². The van der Waals surface area contributed by atoms with E-state index in [4.69, 9.17) is 0 Å². The molecule has 0 atom stereocenters. The molecule has 1 amide bonds. The number of nitrogens with one attached hydrogen (secondary N) is 1. The number of amides is 1. The van der Waals surface area contributed by atoms with E-state index < -0.39 is 70.3 Å². The molecule has 242 valence electrons. The van der Waals surface area contributed by atoms with Crippen LogP contribution in [-0.2, 0) is 9.53 Å². The summed E-state index contributed by atoms with van der Waals surface area (Å²) >= 11 is 0.0799. The molecule has 0 spiro atoms. The second kappa shape index (κ2) is 11.0. The number of carbonyl (C=O) groups is 2. The number of halogens is 16. The Labute approximate surface area is 232 Å². The van der Waals surface area contributed by atoms with Gasteiger partial charge in [0.15, 0.2) is 0 Å². The number of alkyl halides is 16. The molecule has 0 saturated carbocycles. The summed E-state index contributed by atoms with van der Waals surface area (Å²) in [7, 11) is 0.698. The number of aryl methyl sites for hydroxylation is 1. The zero-order chi connectivity index (χ0) is 33.8. The molecule has 0 saturated heterocycles. The minimum absolute atomic E-state index is 0.0799. The number of rotatable bonds is 11. The normalized spacial score (nSPS) is 14.2. The standard InChI is InChI=1S/C22H13F16NO3S/c1-8-3-5-9(6-4-8)10-7-43-12(11(10)13(40)42-2)39-15(41)17(27,28)19(31,32)21(35,36)22(37,38)20(33,34)18(29,30)16(25,26)14(23)24/h3-7,14H,1-2H3,(H,39,41). The summed E-state index contributed by atoms with van der Waals surface area (Å²) < 4.78 is 221. The van der Waals surface area contributed by atoms with E-state index in [-0.39, 0.29) is 22.5 Å². The van der Waals surface area contributed by atoms with Crippen molar-refractivity contribution in [3.05, 3.63) is 40.8 Å². The predicted octanol–water partition coefficient (Wildman–Crippen LogP) is 8.16. The van der Waals surface area contributed by atoms with Gasteiger partial charge in [-0.2, -0.15) is 61.5 Å². The highest BCUT2D eigenvalue weighted by molar-refractivity contribution is 7.15. The highest BCUT2D eigenvalue weighted by atomic mass is 32.1. The molecule has 2 aromatic rings. The minimum Gasteiger partial charge on any atom is -0.465 e. The zero-order valence-corrected chi connectivity index (χ0v) is 21.5. The quantitative estimate of drug-likeness (QED) is 0.193. The van der Waals surface area contributed by atoms with Gasteiger partial charge in [0.25, 0.3) is 0 Å². The van der Waals surface area contributed by atoms with Crippen molar-refractivity contribution in [2.24, 2.45) is 0 Å². The first-order chi connectivity index (χ1) is 19.2. The van der Waals surface area contributed by atoms with Crippen molar-refractivity contribution < 1.29 is 84.6 Å². The third-order valence-electron chi connectivity index (χ3n) is 5.72. The van der Waals surface area contributed by atoms with Crippen LogP contribution in [-0.4, -0.2) is 66.9 Å². The molecule has 0 fully saturated rings. The number of ether oxygens (including phenoxy) is 1. The molecular weight excluding hydrogens is 662 g/mol. The summed E-state index contributed by atoms with van der Waals surface area (Å²) in [5.74, 6) is -62.1. The molecule has 1 aromatic carbocycles. The van der Waals surface area contributed by atoms with Crippen LogP contribution in [0.2, 0.25) is 0 Å². The first-order valence-corrected chi connectivity index (χ1v) is 11.6. The number of hydrogen-bond donors (Lipinski definition) is 1. The second-order valence-electron chi connectivity index (χ2n) is 8.54. The van der Waals surface area contributed by atoms with Gasteiger partial charge >= 0.3 is 59.8 Å². The molecule has 0 radical (unpaired) electrons. The van der Waals surface area contributed by atoms with Gasteiger partial charge in [0.2, 0.25) is 0 Å². The lowest BCUT2D eigenvalue weighted by molar-refractivity contribution is -0.443. The van der Waals surface area contributed by atoms with Crippen molar-refractivity contribution >= 4 is 28.2 Å². The van der Waals surface area contributed by atoms with E-state index in [0.29, 0.717) is 12.7 Å². The Kier molecular flexibility index (Phi) is 9.21. The predicted molar refractivity (Wildman–Crippen MR) is 115 cm³/mol. The maximum Gasteiger partial charge on any atom is 0.393 e. The number of methoxy groups -OCH3 is 1. The smallest absolute Gasteiger partial charge is 0.393 e. The highest BCUT2D eigenvalue weighted by Crippen LogP contribution is 2.62. The second-order valence-corrected chi connectivity index (χ2v) is 9.41. The van der Waals surface area contributed by atoms with Crippen molar-refractivity contribution in [2.75, 3.05) is 12.4 Å². The molecule has 4 nitrogen and oxygen atoms in total. The van der Waals surface area contributed by atoms with Crippen LogP contribution in [0.25, 0.3) is 11.1 Å². The summed E-state index contributed by atoms with van der Waals surface area (Å²) in [6, 6.07) is 5.52. The van der Waals surface area contributed by atoms with Crippen molar-refractivity contribution in [3.63, 3.8) is 0 Å². The van der Waals surface area contributed by atoms with Crippen LogP contribution in [0.3, 0.4) is 0 Å². The van der Waals surface area contributed by atoms with E-state index in [9.17, 15) is 79.8 Å². The van der Waals surface area contributed by atoms with Gasteiger partial charge in [0.1, 0.15) is 10.6 Å². The summed E-state index contributed by atoms with van der Waals surface area (Å²) in [6.07, 6.45) is -5.97. The molecule has 1 heterocycles. The first-order valence-electron chi connectivity index (χ1n) is 10.7. The number of benzene rings is 1. The molecule has 0 aliphatic rings. The van der Waals surface area contributed by atoms with Crippen LogP contribution in [0.4, 0.5) is 75.2 Å². The monoisotopic (exact) mass is 675 g/mol. The summed E-state index contributed by atoms with van der Waals surface area (Å²) in [5.41, 5.74) is -0.398. The van der Waals surface area contributed by atoms with Gasteiger partial charge in [-0.05, 0) is 12.5 Å². The van der Waals surface area contributed by atoms with E-state index in [0.717, 1.165) is 10.7 Å². The maximum atomic E-state index is 14.4. The number of esters is 1. The van der Waals surface area contributed by atoms with Gasteiger partial charge in [-0.25, -0.2) is 13.6 Å². The molecule has 21 heteroatoms. The molecule has 1 N–H and O–H groups in total. The molecule has 0 unspecified atom stereocenters. The summed E-state index contributed by atoms with van der Waals surface area (Å²) in [6.45, 7) is 1.60. The molecule has 0 bridgehead atoms. The van der Waals surface area contributed by atoms with Crippen molar-refractivity contribution in [2.45, 2.75) is 54.8 Å². The molecule has 0 aliphatic heterocycles. The van der Waals surface area contributed by atoms with Crippen LogP contribution >= 0.6 is 11.3 Å². The fourth-order valence-electron chi connectivity index (χ4n) is 3.16. The Balaban J connectivity index is 2.59. The Morgan fingerprint density at radius 1 is 0.744 bits per heavy atom. The van der Waals surface area contributed by atoms with Gasteiger partial charge in [-0.15, -0.1) is 11.3 Å². The van der Waals surface area contributed by atoms with Crippen LogP contribution in [0.1, 0.15) is 15.9 Å². The average molecular weight is 675 g/mol. The van der Waals surface area contributed by atoms with Gasteiger partial charge in [0.05, 0.1) is 7.11 Å².